The van der Waals surface area contributed by atoms with E-state index in [4.69, 9.17) is 4.74 Å². The van der Waals surface area contributed by atoms with Crippen LogP contribution in [0.2, 0.25) is 0 Å². The largest absolute Gasteiger partial charge is 0.482 e. The molecule has 1 aliphatic rings. The van der Waals surface area contributed by atoms with Gasteiger partial charge in [-0.2, -0.15) is 0 Å². The van der Waals surface area contributed by atoms with Gasteiger partial charge < -0.3 is 10.1 Å². The highest BCUT2D eigenvalue weighted by molar-refractivity contribution is 5.95. The monoisotopic (exact) mass is 279 g/mol. The smallest absolute Gasteiger partial charge is 0.262 e. The third kappa shape index (κ3) is 2.82. The summed E-state index contributed by atoms with van der Waals surface area (Å²) < 4.78 is 5.35. The Labute approximate surface area is 124 Å². The molecule has 0 saturated heterocycles. The van der Waals surface area contributed by atoms with Crippen LogP contribution >= 0.6 is 0 Å². The number of anilines is 1. The van der Waals surface area contributed by atoms with Crippen molar-refractivity contribution in [3.8, 4) is 5.75 Å². The number of fused-ring (bicyclic) bond motifs is 1. The van der Waals surface area contributed by atoms with Crippen molar-refractivity contribution in [2.24, 2.45) is 0 Å². The fraction of sp³-hybridized carbons (Fsp3) is 0.167. The predicted molar refractivity (Wildman–Crippen MR) is 85.4 cm³/mol. The average molecular weight is 279 g/mol. The van der Waals surface area contributed by atoms with Crippen molar-refractivity contribution in [2.45, 2.75) is 13.8 Å². The number of amides is 1. The molecule has 3 rings (SSSR count). The van der Waals surface area contributed by atoms with Gasteiger partial charge in [0.05, 0.1) is 5.69 Å². The maximum atomic E-state index is 11.3. The highest BCUT2D eigenvalue weighted by atomic mass is 16.5. The van der Waals surface area contributed by atoms with Gasteiger partial charge in [-0.05, 0) is 48.2 Å². The third-order valence-corrected chi connectivity index (χ3v) is 3.74. The number of ether oxygens (including phenoxy) is 1. The molecule has 1 aliphatic heterocycles. The van der Waals surface area contributed by atoms with Gasteiger partial charge in [0.25, 0.3) is 5.91 Å². The molecule has 0 aromatic heterocycles. The molecule has 21 heavy (non-hydrogen) atoms. The second-order valence-electron chi connectivity index (χ2n) is 5.21. The van der Waals surface area contributed by atoms with Gasteiger partial charge >= 0.3 is 0 Å². The van der Waals surface area contributed by atoms with Gasteiger partial charge in [0.1, 0.15) is 5.75 Å². The van der Waals surface area contributed by atoms with Crippen molar-refractivity contribution < 1.29 is 9.53 Å². The number of nitrogens with one attached hydrogen (secondary N) is 1. The number of benzene rings is 2. The normalized spacial score (nSPS) is 13.7. The van der Waals surface area contributed by atoms with E-state index in [0.717, 1.165) is 17.0 Å². The standard InChI is InChI=1S/C18H17NO2/c1-12-4-3-5-15(13(12)2)8-6-14-7-9-17-16(10-14)19-18(20)11-21-17/h3-10H,11H2,1-2H3,(H,19,20). The van der Waals surface area contributed by atoms with Crippen molar-refractivity contribution in [1.82, 2.24) is 0 Å². The summed E-state index contributed by atoms with van der Waals surface area (Å²) in [6, 6.07) is 12.1. The molecular weight excluding hydrogens is 262 g/mol. The number of carbonyl (C=O) groups is 1. The molecule has 0 atom stereocenters. The van der Waals surface area contributed by atoms with E-state index in [1.165, 1.54) is 16.7 Å². The lowest BCUT2D eigenvalue weighted by Crippen LogP contribution is -2.25. The van der Waals surface area contributed by atoms with Crippen LogP contribution in [-0.4, -0.2) is 12.5 Å². The number of rotatable bonds is 2. The maximum absolute atomic E-state index is 11.3. The van der Waals surface area contributed by atoms with E-state index in [-0.39, 0.29) is 12.5 Å². The summed E-state index contributed by atoms with van der Waals surface area (Å²) in [4.78, 5) is 11.3. The molecule has 0 radical (unpaired) electrons. The average Bonchev–Trinajstić information content (AvgIpc) is 2.48. The highest BCUT2D eigenvalue weighted by Gasteiger charge is 2.15. The van der Waals surface area contributed by atoms with Crippen LogP contribution in [0.15, 0.2) is 36.4 Å². The molecule has 3 nitrogen and oxygen atoms in total. The summed E-state index contributed by atoms with van der Waals surface area (Å²) in [5.41, 5.74) is 5.52. The van der Waals surface area contributed by atoms with Gasteiger partial charge in [0, 0.05) is 0 Å². The molecular formula is C18H17NO2. The molecule has 3 heteroatoms. The Morgan fingerprint density at radius 3 is 2.86 bits per heavy atom. The van der Waals surface area contributed by atoms with Crippen LogP contribution in [0.5, 0.6) is 5.75 Å². The Kier molecular flexibility index (Phi) is 3.48. The molecule has 1 amide bonds. The fourth-order valence-corrected chi connectivity index (χ4v) is 2.34. The molecule has 0 spiro atoms. The van der Waals surface area contributed by atoms with Gasteiger partial charge in [-0.25, -0.2) is 0 Å². The molecule has 2 aromatic rings. The maximum Gasteiger partial charge on any atom is 0.262 e. The van der Waals surface area contributed by atoms with Crippen molar-refractivity contribution in [1.29, 1.82) is 0 Å². The lowest BCUT2D eigenvalue weighted by Gasteiger charge is -2.17. The SMILES string of the molecule is Cc1cccc(C=Cc2ccc3c(c2)NC(=O)CO3)c1C. The third-order valence-electron chi connectivity index (χ3n) is 3.74. The summed E-state index contributed by atoms with van der Waals surface area (Å²) in [7, 11) is 0. The Hall–Kier alpha value is -2.55. The van der Waals surface area contributed by atoms with Gasteiger partial charge in [-0.3, -0.25) is 4.79 Å². The van der Waals surface area contributed by atoms with E-state index in [1.807, 2.05) is 24.3 Å². The van der Waals surface area contributed by atoms with Crippen LogP contribution in [0.1, 0.15) is 22.3 Å². The molecule has 0 fully saturated rings. The minimum atomic E-state index is -0.113. The number of hydrogen-bond acceptors (Lipinski definition) is 2. The Bertz CT molecular complexity index is 732. The molecule has 2 aromatic carbocycles. The highest BCUT2D eigenvalue weighted by Crippen LogP contribution is 2.29. The zero-order chi connectivity index (χ0) is 14.8. The van der Waals surface area contributed by atoms with E-state index >= 15 is 0 Å². The molecule has 0 bridgehead atoms. The summed E-state index contributed by atoms with van der Waals surface area (Å²) >= 11 is 0. The predicted octanol–water partition coefficient (Wildman–Crippen LogP) is 3.80. The lowest BCUT2D eigenvalue weighted by molar-refractivity contribution is -0.118. The fourth-order valence-electron chi connectivity index (χ4n) is 2.34. The second-order valence-corrected chi connectivity index (χ2v) is 5.21. The first-order valence-electron chi connectivity index (χ1n) is 6.94. The number of aryl methyl sites for hydroxylation is 1. The topological polar surface area (TPSA) is 38.3 Å². The number of carbonyl (C=O) groups excluding carboxylic acids is 1. The van der Waals surface area contributed by atoms with E-state index in [9.17, 15) is 4.79 Å². The lowest BCUT2D eigenvalue weighted by atomic mass is 10.0. The van der Waals surface area contributed by atoms with E-state index in [2.05, 4.69) is 43.4 Å². The van der Waals surface area contributed by atoms with E-state index in [1.54, 1.807) is 0 Å². The number of hydrogen-bond donors (Lipinski definition) is 1. The van der Waals surface area contributed by atoms with E-state index in [0.29, 0.717) is 0 Å². The van der Waals surface area contributed by atoms with Gasteiger partial charge in [-0.15, -0.1) is 0 Å². The van der Waals surface area contributed by atoms with Crippen LogP contribution < -0.4 is 10.1 Å². The molecule has 1 N–H and O–H groups in total. The molecule has 0 aliphatic carbocycles. The molecule has 0 saturated carbocycles. The van der Waals surface area contributed by atoms with Crippen LogP contribution in [-0.2, 0) is 4.79 Å². The first-order valence-corrected chi connectivity index (χ1v) is 6.94. The molecule has 106 valence electrons. The van der Waals surface area contributed by atoms with Crippen molar-refractivity contribution in [2.75, 3.05) is 11.9 Å². The van der Waals surface area contributed by atoms with Crippen molar-refractivity contribution >= 4 is 23.7 Å². The van der Waals surface area contributed by atoms with Crippen LogP contribution in [0.3, 0.4) is 0 Å². The summed E-state index contributed by atoms with van der Waals surface area (Å²) in [6.45, 7) is 4.32. The van der Waals surface area contributed by atoms with Crippen molar-refractivity contribution in [3.05, 3.63) is 58.7 Å². The Balaban J connectivity index is 1.88. The zero-order valence-corrected chi connectivity index (χ0v) is 12.1. The zero-order valence-electron chi connectivity index (χ0n) is 12.1. The molecule has 0 unspecified atom stereocenters. The van der Waals surface area contributed by atoms with Gasteiger partial charge in [0.15, 0.2) is 6.61 Å². The Morgan fingerprint density at radius 1 is 1.14 bits per heavy atom. The van der Waals surface area contributed by atoms with Crippen LogP contribution in [0.25, 0.3) is 12.2 Å². The minimum Gasteiger partial charge on any atom is -0.482 e. The van der Waals surface area contributed by atoms with Crippen LogP contribution in [0.4, 0.5) is 5.69 Å². The molecule has 1 heterocycles. The van der Waals surface area contributed by atoms with Gasteiger partial charge in [0.2, 0.25) is 0 Å². The van der Waals surface area contributed by atoms with Gasteiger partial charge in [-0.1, -0.05) is 36.4 Å². The Morgan fingerprint density at radius 2 is 2.00 bits per heavy atom. The summed E-state index contributed by atoms with van der Waals surface area (Å²) in [6.07, 6.45) is 4.14. The first-order chi connectivity index (χ1) is 10.1. The van der Waals surface area contributed by atoms with Crippen LogP contribution in [0, 0.1) is 13.8 Å². The summed E-state index contributed by atoms with van der Waals surface area (Å²) in [5, 5.41) is 2.82. The van der Waals surface area contributed by atoms with Crippen molar-refractivity contribution in [3.63, 3.8) is 0 Å². The quantitative estimate of drug-likeness (QED) is 0.849. The minimum absolute atomic E-state index is 0.0880. The summed E-state index contributed by atoms with van der Waals surface area (Å²) in [5.74, 6) is 0.608. The first kappa shape index (κ1) is 13.4. The van der Waals surface area contributed by atoms with E-state index < -0.39 is 0 Å². The second kappa shape index (κ2) is 5.44.